The number of carboxylic acids is 1. The maximum absolute atomic E-state index is 11.9. The van der Waals surface area contributed by atoms with Gasteiger partial charge < -0.3 is 19.7 Å². The summed E-state index contributed by atoms with van der Waals surface area (Å²) in [7, 11) is 1.63. The van der Waals surface area contributed by atoms with Gasteiger partial charge in [-0.1, -0.05) is 12.1 Å². The summed E-state index contributed by atoms with van der Waals surface area (Å²) in [5, 5.41) is 10.5. The van der Waals surface area contributed by atoms with Gasteiger partial charge in [0.2, 0.25) is 0 Å². The molecule has 0 aliphatic carbocycles. The van der Waals surface area contributed by atoms with Crippen LogP contribution in [0.15, 0.2) is 54.9 Å². The van der Waals surface area contributed by atoms with Gasteiger partial charge >= 0.3 is 5.97 Å². The molecule has 4 heterocycles. The first-order chi connectivity index (χ1) is 15.1. The third-order valence-electron chi connectivity index (χ3n) is 5.60. The molecule has 4 aromatic rings. The van der Waals surface area contributed by atoms with Crippen molar-refractivity contribution < 1.29 is 14.6 Å². The van der Waals surface area contributed by atoms with Crippen LogP contribution in [0.5, 0.6) is 5.75 Å². The molecule has 0 saturated carbocycles. The van der Waals surface area contributed by atoms with Crippen molar-refractivity contribution in [3.8, 4) is 28.4 Å². The molecule has 1 fully saturated rings. The fraction of sp³-hybridized carbons (Fsp3) is 0.217. The largest absolute Gasteiger partial charge is 0.497 e. The summed E-state index contributed by atoms with van der Waals surface area (Å²) in [4.78, 5) is 30.7. The molecule has 1 saturated heterocycles. The number of benzene rings is 1. The number of carboxylic acid groups (broad SMARTS) is 1. The van der Waals surface area contributed by atoms with E-state index in [1.54, 1.807) is 19.5 Å². The van der Waals surface area contributed by atoms with Crippen LogP contribution in [-0.2, 0) is 4.79 Å². The number of aromatic amines is 1. The molecule has 3 aromatic heterocycles. The van der Waals surface area contributed by atoms with Crippen molar-refractivity contribution in [2.24, 2.45) is 0 Å². The van der Waals surface area contributed by atoms with Crippen molar-refractivity contribution in [3.05, 3.63) is 54.9 Å². The highest BCUT2D eigenvalue weighted by atomic mass is 16.5. The first-order valence-corrected chi connectivity index (χ1v) is 10.1. The van der Waals surface area contributed by atoms with Crippen LogP contribution >= 0.6 is 0 Å². The number of ether oxygens (including phenoxy) is 1. The zero-order chi connectivity index (χ0) is 21.4. The van der Waals surface area contributed by atoms with Crippen molar-refractivity contribution in [2.75, 3.05) is 18.6 Å². The standard InChI is InChI=1S/C23H21N5O3/c1-31-16-5-2-4-15(12-16)18-13-17-21(25-18)26-20(14-7-9-24-10-8-14)27-22(17)28-11-3-6-19(28)23(29)30/h2,4-5,7-10,12-13,19H,3,6,11H2,1H3,(H,29,30)(H,25,26,27). The molecule has 2 N–H and O–H groups in total. The fourth-order valence-corrected chi connectivity index (χ4v) is 4.07. The van der Waals surface area contributed by atoms with E-state index in [-0.39, 0.29) is 0 Å². The lowest BCUT2D eigenvalue weighted by atomic mass is 10.1. The van der Waals surface area contributed by atoms with Gasteiger partial charge in [-0.3, -0.25) is 4.98 Å². The van der Waals surface area contributed by atoms with Gasteiger partial charge in [0.25, 0.3) is 0 Å². The van der Waals surface area contributed by atoms with E-state index >= 15 is 0 Å². The molecule has 1 aliphatic heterocycles. The lowest BCUT2D eigenvalue weighted by Crippen LogP contribution is -2.36. The summed E-state index contributed by atoms with van der Waals surface area (Å²) in [5.74, 6) is 1.08. The second-order valence-electron chi connectivity index (χ2n) is 7.47. The monoisotopic (exact) mass is 415 g/mol. The van der Waals surface area contributed by atoms with E-state index in [0.29, 0.717) is 30.3 Å². The molecule has 0 radical (unpaired) electrons. The van der Waals surface area contributed by atoms with Crippen LogP contribution in [0, 0.1) is 0 Å². The first kappa shape index (κ1) is 19.0. The van der Waals surface area contributed by atoms with Gasteiger partial charge in [0, 0.05) is 35.8 Å². The van der Waals surface area contributed by atoms with Crippen LogP contribution in [0.4, 0.5) is 5.82 Å². The van der Waals surface area contributed by atoms with Gasteiger partial charge in [-0.25, -0.2) is 14.8 Å². The number of methoxy groups -OCH3 is 1. The van der Waals surface area contributed by atoms with Gasteiger partial charge in [0.15, 0.2) is 5.82 Å². The quantitative estimate of drug-likeness (QED) is 0.511. The van der Waals surface area contributed by atoms with E-state index in [9.17, 15) is 9.90 Å². The summed E-state index contributed by atoms with van der Waals surface area (Å²) in [6.07, 6.45) is 4.78. The Morgan fingerprint density at radius 3 is 2.77 bits per heavy atom. The SMILES string of the molecule is COc1cccc(-c2cc3c(N4CCCC4C(=O)O)nc(-c4ccncc4)nc3[nH]2)c1. The predicted octanol–water partition coefficient (Wildman–Crippen LogP) is 3.75. The number of nitrogens with zero attached hydrogens (tertiary/aromatic N) is 4. The van der Waals surface area contributed by atoms with Crippen molar-refractivity contribution in [2.45, 2.75) is 18.9 Å². The van der Waals surface area contributed by atoms with Gasteiger partial charge in [-0.15, -0.1) is 0 Å². The Balaban J connectivity index is 1.70. The number of aromatic nitrogens is 4. The smallest absolute Gasteiger partial charge is 0.326 e. The molecule has 5 rings (SSSR count). The Labute approximate surface area is 178 Å². The second kappa shape index (κ2) is 7.71. The number of hydrogen-bond acceptors (Lipinski definition) is 6. The van der Waals surface area contributed by atoms with Crippen molar-refractivity contribution in [1.82, 2.24) is 19.9 Å². The molecule has 1 unspecified atom stereocenters. The van der Waals surface area contributed by atoms with Crippen molar-refractivity contribution in [3.63, 3.8) is 0 Å². The summed E-state index contributed by atoms with van der Waals surface area (Å²) in [6, 6.07) is 12.8. The van der Waals surface area contributed by atoms with Crippen LogP contribution < -0.4 is 9.64 Å². The van der Waals surface area contributed by atoms with Crippen LogP contribution in [0.3, 0.4) is 0 Å². The molecule has 1 aromatic carbocycles. The van der Waals surface area contributed by atoms with E-state index in [0.717, 1.165) is 34.4 Å². The Morgan fingerprint density at radius 1 is 1.16 bits per heavy atom. The molecule has 0 amide bonds. The van der Waals surface area contributed by atoms with Crippen LogP contribution in [0.25, 0.3) is 33.7 Å². The summed E-state index contributed by atoms with van der Waals surface area (Å²) in [6.45, 7) is 0.637. The molecule has 0 bridgehead atoms. The molecule has 0 spiro atoms. The summed E-state index contributed by atoms with van der Waals surface area (Å²) >= 11 is 0. The van der Waals surface area contributed by atoms with E-state index in [4.69, 9.17) is 14.7 Å². The molecule has 1 aliphatic rings. The summed E-state index contributed by atoms with van der Waals surface area (Å²) in [5.41, 5.74) is 3.29. The number of hydrogen-bond donors (Lipinski definition) is 2. The lowest BCUT2D eigenvalue weighted by molar-refractivity contribution is -0.138. The molecular weight excluding hydrogens is 394 g/mol. The topological polar surface area (TPSA) is 104 Å². The zero-order valence-corrected chi connectivity index (χ0v) is 16.9. The van der Waals surface area contributed by atoms with E-state index in [1.807, 2.05) is 47.4 Å². The van der Waals surface area contributed by atoms with Crippen molar-refractivity contribution in [1.29, 1.82) is 0 Å². The number of nitrogens with one attached hydrogen (secondary N) is 1. The average Bonchev–Trinajstić information content (AvgIpc) is 3.46. The number of rotatable bonds is 5. The number of carbonyl (C=O) groups is 1. The zero-order valence-electron chi connectivity index (χ0n) is 16.9. The third kappa shape index (κ3) is 3.46. The number of aliphatic carboxylic acids is 1. The summed E-state index contributed by atoms with van der Waals surface area (Å²) < 4.78 is 5.35. The maximum atomic E-state index is 11.9. The van der Waals surface area contributed by atoms with Crippen LogP contribution in [0.2, 0.25) is 0 Å². The molecule has 8 heteroatoms. The minimum atomic E-state index is -0.835. The van der Waals surface area contributed by atoms with Crippen LogP contribution in [0.1, 0.15) is 12.8 Å². The van der Waals surface area contributed by atoms with Gasteiger partial charge in [-0.05, 0) is 43.2 Å². The minimum Gasteiger partial charge on any atom is -0.497 e. The Bertz CT molecular complexity index is 1250. The number of fused-ring (bicyclic) bond motifs is 1. The lowest BCUT2D eigenvalue weighted by Gasteiger charge is -2.23. The third-order valence-corrected chi connectivity index (χ3v) is 5.60. The Morgan fingerprint density at radius 2 is 2.00 bits per heavy atom. The normalized spacial score (nSPS) is 16.0. The van der Waals surface area contributed by atoms with Gasteiger partial charge in [0.05, 0.1) is 12.5 Å². The Hall–Kier alpha value is -3.94. The van der Waals surface area contributed by atoms with E-state index in [1.165, 1.54) is 0 Å². The fourth-order valence-electron chi connectivity index (χ4n) is 4.07. The molecule has 31 heavy (non-hydrogen) atoms. The number of H-pyrrole nitrogens is 1. The maximum Gasteiger partial charge on any atom is 0.326 e. The second-order valence-corrected chi connectivity index (χ2v) is 7.47. The highest BCUT2D eigenvalue weighted by molar-refractivity contribution is 5.95. The molecule has 8 nitrogen and oxygen atoms in total. The van der Waals surface area contributed by atoms with Crippen LogP contribution in [-0.4, -0.2) is 50.7 Å². The first-order valence-electron chi connectivity index (χ1n) is 10.1. The van der Waals surface area contributed by atoms with Crippen molar-refractivity contribution >= 4 is 22.8 Å². The average molecular weight is 415 g/mol. The highest BCUT2D eigenvalue weighted by Gasteiger charge is 2.33. The molecule has 1 atom stereocenters. The van der Waals surface area contributed by atoms with Gasteiger partial charge in [0.1, 0.15) is 23.3 Å². The van der Waals surface area contributed by atoms with E-state index in [2.05, 4.69) is 9.97 Å². The number of pyridine rings is 1. The predicted molar refractivity (Wildman–Crippen MR) is 117 cm³/mol. The Kier molecular flexibility index (Phi) is 4.74. The molecular formula is C23H21N5O3. The highest BCUT2D eigenvalue weighted by Crippen LogP contribution is 2.35. The minimum absolute atomic E-state index is 0.528. The van der Waals surface area contributed by atoms with Gasteiger partial charge in [-0.2, -0.15) is 0 Å². The van der Waals surface area contributed by atoms with E-state index < -0.39 is 12.0 Å². The number of anilines is 1. The molecule has 156 valence electrons.